The largest absolute Gasteiger partial charge is 0.497 e. The summed E-state index contributed by atoms with van der Waals surface area (Å²) < 4.78 is 18.5. The third kappa shape index (κ3) is 3.49. The van der Waals surface area contributed by atoms with E-state index in [1.807, 2.05) is 0 Å². The molecular formula is C13H19FO2. The van der Waals surface area contributed by atoms with E-state index in [2.05, 4.69) is 6.92 Å². The van der Waals surface area contributed by atoms with E-state index >= 15 is 0 Å². The minimum absolute atomic E-state index is 0.358. The summed E-state index contributed by atoms with van der Waals surface area (Å²) in [6.07, 6.45) is 2.98. The van der Waals surface area contributed by atoms with Crippen molar-refractivity contribution in [3.63, 3.8) is 0 Å². The molecule has 0 spiro atoms. The molecule has 1 unspecified atom stereocenters. The van der Waals surface area contributed by atoms with Gasteiger partial charge in [-0.3, -0.25) is 0 Å². The van der Waals surface area contributed by atoms with Crippen LogP contribution in [0.3, 0.4) is 0 Å². The fourth-order valence-electron chi connectivity index (χ4n) is 1.65. The van der Waals surface area contributed by atoms with Gasteiger partial charge in [0.15, 0.2) is 0 Å². The Morgan fingerprint density at radius 3 is 2.69 bits per heavy atom. The number of rotatable bonds is 6. The van der Waals surface area contributed by atoms with Crippen LogP contribution in [0.1, 0.15) is 44.3 Å². The molecule has 0 aliphatic rings. The van der Waals surface area contributed by atoms with Gasteiger partial charge in [0.2, 0.25) is 0 Å². The quantitative estimate of drug-likeness (QED) is 0.753. The van der Waals surface area contributed by atoms with Gasteiger partial charge in [-0.1, -0.05) is 26.2 Å². The molecule has 1 aromatic carbocycles. The van der Waals surface area contributed by atoms with Gasteiger partial charge in [-0.05, 0) is 18.6 Å². The summed E-state index contributed by atoms with van der Waals surface area (Å²) in [7, 11) is 1.49. The first-order chi connectivity index (χ1) is 7.69. The van der Waals surface area contributed by atoms with Crippen molar-refractivity contribution in [2.75, 3.05) is 7.11 Å². The summed E-state index contributed by atoms with van der Waals surface area (Å²) in [5, 5.41) is 9.81. The molecule has 0 heterocycles. The second-order valence-corrected chi connectivity index (χ2v) is 3.90. The second kappa shape index (κ2) is 6.48. The van der Waals surface area contributed by atoms with Gasteiger partial charge in [0, 0.05) is 11.6 Å². The van der Waals surface area contributed by atoms with Gasteiger partial charge in [-0.2, -0.15) is 0 Å². The monoisotopic (exact) mass is 226 g/mol. The van der Waals surface area contributed by atoms with Crippen molar-refractivity contribution in [1.29, 1.82) is 0 Å². The van der Waals surface area contributed by atoms with Gasteiger partial charge in [-0.15, -0.1) is 0 Å². The summed E-state index contributed by atoms with van der Waals surface area (Å²) in [4.78, 5) is 0. The summed E-state index contributed by atoms with van der Waals surface area (Å²) in [5.74, 6) is 0.0744. The molecule has 0 radical (unpaired) electrons. The highest BCUT2D eigenvalue weighted by Crippen LogP contribution is 2.25. The summed E-state index contributed by atoms with van der Waals surface area (Å²) in [6, 6.07) is 4.56. The Labute approximate surface area is 96.1 Å². The van der Waals surface area contributed by atoms with E-state index in [0.717, 1.165) is 19.3 Å². The fourth-order valence-corrected chi connectivity index (χ4v) is 1.65. The Kier molecular flexibility index (Phi) is 5.26. The number of hydrogen-bond acceptors (Lipinski definition) is 2. The lowest BCUT2D eigenvalue weighted by Crippen LogP contribution is -2.01. The van der Waals surface area contributed by atoms with Crippen LogP contribution < -0.4 is 4.74 Å². The lowest BCUT2D eigenvalue weighted by molar-refractivity contribution is 0.159. The van der Waals surface area contributed by atoms with Crippen molar-refractivity contribution < 1.29 is 14.2 Å². The second-order valence-electron chi connectivity index (χ2n) is 3.90. The molecule has 1 aromatic rings. The molecule has 0 aromatic heterocycles. The molecule has 1 N–H and O–H groups in total. The van der Waals surface area contributed by atoms with Gasteiger partial charge in [-0.25, -0.2) is 4.39 Å². The van der Waals surface area contributed by atoms with Crippen LogP contribution in [0, 0.1) is 5.82 Å². The first-order valence-electron chi connectivity index (χ1n) is 5.70. The van der Waals surface area contributed by atoms with E-state index in [1.165, 1.54) is 13.2 Å². The van der Waals surface area contributed by atoms with Crippen molar-refractivity contribution in [2.24, 2.45) is 0 Å². The smallest absolute Gasteiger partial charge is 0.132 e. The fraction of sp³-hybridized carbons (Fsp3) is 0.538. The molecule has 16 heavy (non-hydrogen) atoms. The molecule has 1 atom stereocenters. The van der Waals surface area contributed by atoms with E-state index in [0.29, 0.717) is 17.7 Å². The molecule has 1 rings (SSSR count). The Hall–Kier alpha value is -1.09. The number of aliphatic hydroxyl groups is 1. The number of benzene rings is 1. The van der Waals surface area contributed by atoms with Gasteiger partial charge < -0.3 is 9.84 Å². The highest BCUT2D eigenvalue weighted by Gasteiger charge is 2.12. The molecule has 0 saturated carbocycles. The average molecular weight is 226 g/mol. The molecule has 0 aliphatic carbocycles. The predicted molar refractivity (Wildman–Crippen MR) is 62.1 cm³/mol. The molecule has 0 amide bonds. The average Bonchev–Trinajstić information content (AvgIpc) is 2.29. The van der Waals surface area contributed by atoms with Crippen LogP contribution >= 0.6 is 0 Å². The zero-order chi connectivity index (χ0) is 12.0. The van der Waals surface area contributed by atoms with Crippen LogP contribution in [-0.2, 0) is 0 Å². The maximum Gasteiger partial charge on any atom is 0.132 e. The Bertz CT molecular complexity index is 326. The molecule has 0 aliphatic heterocycles. The molecule has 2 nitrogen and oxygen atoms in total. The molecule has 0 fully saturated rings. The topological polar surface area (TPSA) is 29.5 Å². The first kappa shape index (κ1) is 13.0. The van der Waals surface area contributed by atoms with Gasteiger partial charge in [0.25, 0.3) is 0 Å². The highest BCUT2D eigenvalue weighted by molar-refractivity contribution is 5.30. The number of ether oxygens (including phenoxy) is 1. The van der Waals surface area contributed by atoms with Crippen molar-refractivity contribution in [2.45, 2.75) is 38.7 Å². The lowest BCUT2D eigenvalue weighted by Gasteiger charge is -2.12. The van der Waals surface area contributed by atoms with E-state index in [1.54, 1.807) is 12.1 Å². The standard InChI is InChI=1S/C13H19FO2/c1-3-4-5-6-13(15)11-8-7-10(16-2)9-12(11)14/h7-9,13,15H,3-6H2,1-2H3. The summed E-state index contributed by atoms with van der Waals surface area (Å²) in [6.45, 7) is 2.10. The van der Waals surface area contributed by atoms with Crippen LogP contribution in [-0.4, -0.2) is 12.2 Å². The van der Waals surface area contributed by atoms with Gasteiger partial charge in [0.1, 0.15) is 11.6 Å². The Balaban J connectivity index is 2.64. The minimum atomic E-state index is -0.711. The number of hydrogen-bond donors (Lipinski definition) is 1. The van der Waals surface area contributed by atoms with Crippen molar-refractivity contribution in [3.05, 3.63) is 29.6 Å². The molecule has 0 bridgehead atoms. The van der Waals surface area contributed by atoms with Gasteiger partial charge in [0.05, 0.1) is 13.2 Å². The van der Waals surface area contributed by atoms with Crippen molar-refractivity contribution in [3.8, 4) is 5.75 Å². The zero-order valence-corrected chi connectivity index (χ0v) is 9.87. The first-order valence-corrected chi connectivity index (χ1v) is 5.70. The minimum Gasteiger partial charge on any atom is -0.497 e. The third-order valence-electron chi connectivity index (χ3n) is 2.65. The van der Waals surface area contributed by atoms with E-state index < -0.39 is 11.9 Å². The summed E-state index contributed by atoms with van der Waals surface area (Å²) in [5.41, 5.74) is 0.358. The Morgan fingerprint density at radius 2 is 2.12 bits per heavy atom. The SMILES string of the molecule is CCCCCC(O)c1ccc(OC)cc1F. The number of methoxy groups -OCH3 is 1. The highest BCUT2D eigenvalue weighted by atomic mass is 19.1. The molecular weight excluding hydrogens is 207 g/mol. The van der Waals surface area contributed by atoms with Crippen molar-refractivity contribution in [1.82, 2.24) is 0 Å². The normalized spacial score (nSPS) is 12.5. The van der Waals surface area contributed by atoms with E-state index in [9.17, 15) is 9.50 Å². The van der Waals surface area contributed by atoms with E-state index in [4.69, 9.17) is 4.74 Å². The van der Waals surface area contributed by atoms with Crippen molar-refractivity contribution >= 4 is 0 Å². The molecule has 90 valence electrons. The number of aliphatic hydroxyl groups excluding tert-OH is 1. The molecule has 0 saturated heterocycles. The summed E-state index contributed by atoms with van der Waals surface area (Å²) >= 11 is 0. The van der Waals surface area contributed by atoms with Gasteiger partial charge >= 0.3 is 0 Å². The third-order valence-corrected chi connectivity index (χ3v) is 2.65. The molecule has 3 heteroatoms. The Morgan fingerprint density at radius 1 is 1.38 bits per heavy atom. The van der Waals surface area contributed by atoms with Crippen LogP contribution in [0.5, 0.6) is 5.75 Å². The predicted octanol–water partition coefficient (Wildman–Crippen LogP) is 3.45. The van der Waals surface area contributed by atoms with E-state index in [-0.39, 0.29) is 0 Å². The zero-order valence-electron chi connectivity index (χ0n) is 9.87. The lowest BCUT2D eigenvalue weighted by atomic mass is 10.0. The number of halogens is 1. The van der Waals surface area contributed by atoms with Crippen LogP contribution in [0.25, 0.3) is 0 Å². The maximum atomic E-state index is 13.6. The number of unbranched alkanes of at least 4 members (excludes halogenated alkanes) is 2. The maximum absolute atomic E-state index is 13.6. The van der Waals surface area contributed by atoms with Crippen LogP contribution in [0.15, 0.2) is 18.2 Å². The van der Waals surface area contributed by atoms with Crippen LogP contribution in [0.4, 0.5) is 4.39 Å². The van der Waals surface area contributed by atoms with Crippen LogP contribution in [0.2, 0.25) is 0 Å².